The molecule has 3 amide bonds. The predicted molar refractivity (Wildman–Crippen MR) is 128 cm³/mol. The SMILES string of the molecule is CC(=O)Nc1c2n(c3ccc(F)cc13)C[C@](C)(C(=O)NCCC(C)C)N(CCC(C)C)C2=O. The summed E-state index contributed by atoms with van der Waals surface area (Å²) in [5, 5.41) is 6.19. The van der Waals surface area contributed by atoms with E-state index in [1.54, 1.807) is 22.5 Å². The predicted octanol–water partition coefficient (Wildman–Crippen LogP) is 4.16. The molecule has 0 saturated heterocycles. The summed E-state index contributed by atoms with van der Waals surface area (Å²) >= 11 is 0. The lowest BCUT2D eigenvalue weighted by Gasteiger charge is -2.44. The molecule has 0 aliphatic carbocycles. The van der Waals surface area contributed by atoms with Crippen LogP contribution >= 0.6 is 0 Å². The number of amides is 3. The van der Waals surface area contributed by atoms with Crippen molar-refractivity contribution in [3.63, 3.8) is 0 Å². The van der Waals surface area contributed by atoms with Gasteiger partial charge in [0.25, 0.3) is 5.91 Å². The molecule has 33 heavy (non-hydrogen) atoms. The Morgan fingerprint density at radius 3 is 2.42 bits per heavy atom. The fraction of sp³-hybridized carbons (Fsp3) is 0.560. The van der Waals surface area contributed by atoms with Gasteiger partial charge in [-0.1, -0.05) is 27.7 Å². The van der Waals surface area contributed by atoms with E-state index in [0.29, 0.717) is 41.5 Å². The summed E-state index contributed by atoms with van der Waals surface area (Å²) in [6.45, 7) is 12.6. The smallest absolute Gasteiger partial charge is 0.273 e. The number of nitrogens with one attached hydrogen (secondary N) is 2. The largest absolute Gasteiger partial charge is 0.354 e. The van der Waals surface area contributed by atoms with Gasteiger partial charge in [-0.25, -0.2) is 4.39 Å². The summed E-state index contributed by atoms with van der Waals surface area (Å²) in [5.74, 6) is -0.591. The number of rotatable bonds is 8. The average molecular weight is 459 g/mol. The third-order valence-corrected chi connectivity index (χ3v) is 6.26. The van der Waals surface area contributed by atoms with Crippen LogP contribution in [0.2, 0.25) is 0 Å². The monoisotopic (exact) mass is 458 g/mol. The Labute approximate surface area is 194 Å². The van der Waals surface area contributed by atoms with E-state index in [0.717, 1.165) is 12.8 Å². The molecule has 7 nitrogen and oxygen atoms in total. The van der Waals surface area contributed by atoms with Gasteiger partial charge in [0, 0.05) is 25.4 Å². The summed E-state index contributed by atoms with van der Waals surface area (Å²) in [5.41, 5.74) is 0.0538. The number of hydrogen-bond donors (Lipinski definition) is 2. The molecule has 2 heterocycles. The standard InChI is InChI=1S/C25H35FN4O3/c1-15(2)9-11-27-24(33)25(6)14-29-20-8-7-18(26)13-19(20)21(28-17(5)31)22(29)23(32)30(25)12-10-16(3)4/h7-8,13,15-16H,9-12,14H2,1-6H3,(H,27,33)(H,28,31)/t25-/m1/s1. The number of carbonyl (C=O) groups excluding carboxylic acids is 3. The van der Waals surface area contributed by atoms with Gasteiger partial charge in [-0.05, 0) is 49.8 Å². The number of anilines is 1. The second-order valence-electron chi connectivity index (χ2n) is 10.0. The first kappa shape index (κ1) is 24.7. The lowest BCUT2D eigenvalue weighted by atomic mass is 9.93. The normalized spacial score (nSPS) is 18.2. The first-order chi connectivity index (χ1) is 15.5. The van der Waals surface area contributed by atoms with Gasteiger partial charge in [-0.3, -0.25) is 14.4 Å². The number of aromatic nitrogens is 1. The van der Waals surface area contributed by atoms with Crippen molar-refractivity contribution < 1.29 is 18.8 Å². The fourth-order valence-electron chi connectivity index (χ4n) is 4.36. The Morgan fingerprint density at radius 1 is 1.15 bits per heavy atom. The van der Waals surface area contributed by atoms with Gasteiger partial charge in [-0.2, -0.15) is 0 Å². The van der Waals surface area contributed by atoms with Gasteiger partial charge in [0.05, 0.1) is 17.7 Å². The van der Waals surface area contributed by atoms with Crippen molar-refractivity contribution in [2.45, 2.75) is 66.5 Å². The molecule has 180 valence electrons. The van der Waals surface area contributed by atoms with Crippen molar-refractivity contribution in [2.24, 2.45) is 11.8 Å². The number of nitrogens with zero attached hydrogens (tertiary/aromatic N) is 2. The lowest BCUT2D eigenvalue weighted by Crippen LogP contribution is -2.64. The summed E-state index contributed by atoms with van der Waals surface area (Å²) in [4.78, 5) is 40.9. The molecule has 1 aromatic heterocycles. The molecule has 1 atom stereocenters. The maximum atomic E-state index is 14.1. The van der Waals surface area contributed by atoms with Gasteiger partial charge in [-0.15, -0.1) is 0 Å². The quantitative estimate of drug-likeness (QED) is 0.623. The van der Waals surface area contributed by atoms with E-state index in [1.807, 2.05) is 0 Å². The molecular weight excluding hydrogens is 423 g/mol. The molecule has 0 saturated carbocycles. The molecule has 1 aliphatic rings. The van der Waals surface area contributed by atoms with E-state index in [-0.39, 0.29) is 30.0 Å². The van der Waals surface area contributed by atoms with Crippen LogP contribution in [0.5, 0.6) is 0 Å². The molecule has 0 unspecified atom stereocenters. The van der Waals surface area contributed by atoms with Crippen LogP contribution in [0.3, 0.4) is 0 Å². The van der Waals surface area contributed by atoms with Crippen LogP contribution in [0.4, 0.5) is 10.1 Å². The van der Waals surface area contributed by atoms with Crippen LogP contribution in [0.25, 0.3) is 10.9 Å². The molecule has 3 rings (SSSR count). The molecule has 2 N–H and O–H groups in total. The van der Waals surface area contributed by atoms with Gasteiger partial charge in [0.2, 0.25) is 11.8 Å². The Balaban J connectivity index is 2.13. The zero-order chi connectivity index (χ0) is 24.5. The summed E-state index contributed by atoms with van der Waals surface area (Å²) in [7, 11) is 0. The number of halogens is 1. The van der Waals surface area contributed by atoms with E-state index in [2.05, 4.69) is 38.3 Å². The van der Waals surface area contributed by atoms with Crippen LogP contribution in [-0.4, -0.2) is 45.8 Å². The topological polar surface area (TPSA) is 83.4 Å². The summed E-state index contributed by atoms with van der Waals surface area (Å²) in [6, 6.07) is 4.23. The van der Waals surface area contributed by atoms with Crippen molar-refractivity contribution in [1.29, 1.82) is 0 Å². The number of benzene rings is 1. The van der Waals surface area contributed by atoms with Crippen molar-refractivity contribution in [3.05, 3.63) is 29.7 Å². The molecule has 0 radical (unpaired) electrons. The van der Waals surface area contributed by atoms with E-state index < -0.39 is 11.4 Å². The second kappa shape index (κ2) is 9.53. The van der Waals surface area contributed by atoms with Gasteiger partial charge >= 0.3 is 0 Å². The number of fused-ring (bicyclic) bond motifs is 3. The fourth-order valence-corrected chi connectivity index (χ4v) is 4.36. The van der Waals surface area contributed by atoms with E-state index in [9.17, 15) is 18.8 Å². The molecule has 8 heteroatoms. The van der Waals surface area contributed by atoms with Crippen LogP contribution in [-0.2, 0) is 16.1 Å². The zero-order valence-electron chi connectivity index (χ0n) is 20.4. The molecule has 1 aliphatic heterocycles. The molecule has 0 bridgehead atoms. The van der Waals surface area contributed by atoms with Crippen molar-refractivity contribution in [1.82, 2.24) is 14.8 Å². The highest BCUT2D eigenvalue weighted by Crippen LogP contribution is 2.39. The molecular formula is C25H35FN4O3. The maximum absolute atomic E-state index is 14.1. The van der Waals surface area contributed by atoms with Crippen molar-refractivity contribution in [2.75, 3.05) is 18.4 Å². The third-order valence-electron chi connectivity index (χ3n) is 6.26. The molecule has 0 spiro atoms. The summed E-state index contributed by atoms with van der Waals surface area (Å²) < 4.78 is 15.9. The highest BCUT2D eigenvalue weighted by atomic mass is 19.1. The first-order valence-corrected chi connectivity index (χ1v) is 11.6. The van der Waals surface area contributed by atoms with E-state index in [1.165, 1.54) is 19.1 Å². The van der Waals surface area contributed by atoms with Crippen molar-refractivity contribution in [3.8, 4) is 0 Å². The van der Waals surface area contributed by atoms with E-state index in [4.69, 9.17) is 0 Å². The zero-order valence-corrected chi connectivity index (χ0v) is 20.4. The Bertz CT molecular complexity index is 1080. The Kier molecular flexibility index (Phi) is 7.14. The van der Waals surface area contributed by atoms with Gasteiger partial charge in [0.15, 0.2) is 0 Å². The minimum Gasteiger partial charge on any atom is -0.354 e. The highest BCUT2D eigenvalue weighted by molar-refractivity contribution is 6.14. The molecule has 0 fully saturated rings. The summed E-state index contributed by atoms with van der Waals surface area (Å²) in [6.07, 6.45) is 1.57. The Morgan fingerprint density at radius 2 is 1.82 bits per heavy atom. The maximum Gasteiger partial charge on any atom is 0.273 e. The van der Waals surface area contributed by atoms with Crippen molar-refractivity contribution >= 4 is 34.3 Å². The van der Waals surface area contributed by atoms with Crippen LogP contribution < -0.4 is 10.6 Å². The number of hydrogen-bond acceptors (Lipinski definition) is 3. The molecule has 1 aromatic carbocycles. The van der Waals surface area contributed by atoms with Crippen LogP contribution in [0, 0.1) is 17.7 Å². The van der Waals surface area contributed by atoms with Gasteiger partial charge in [0.1, 0.15) is 17.1 Å². The lowest BCUT2D eigenvalue weighted by molar-refractivity contribution is -0.133. The molecule has 2 aromatic rings. The van der Waals surface area contributed by atoms with E-state index >= 15 is 0 Å². The minimum atomic E-state index is -1.12. The second-order valence-corrected chi connectivity index (χ2v) is 10.0. The van der Waals surface area contributed by atoms with Crippen LogP contribution in [0.15, 0.2) is 18.2 Å². The highest BCUT2D eigenvalue weighted by Gasteiger charge is 2.48. The first-order valence-electron chi connectivity index (χ1n) is 11.6. The number of carbonyl (C=O) groups is 3. The van der Waals surface area contributed by atoms with Gasteiger partial charge < -0.3 is 20.1 Å². The minimum absolute atomic E-state index is 0.210. The Hall–Kier alpha value is -2.90. The average Bonchev–Trinajstić information content (AvgIpc) is 2.99. The third kappa shape index (κ3) is 4.89. The van der Waals surface area contributed by atoms with Crippen LogP contribution in [0.1, 0.15) is 64.9 Å².